The quantitative estimate of drug-likeness (QED) is 0.724. The van der Waals surface area contributed by atoms with Crippen LogP contribution < -0.4 is 0 Å². The van der Waals surface area contributed by atoms with Crippen LogP contribution in [-0.4, -0.2) is 17.7 Å². The van der Waals surface area contributed by atoms with Crippen LogP contribution in [0.1, 0.15) is 30.9 Å². The number of alkyl halides is 1. The number of halogens is 1. The van der Waals surface area contributed by atoms with Gasteiger partial charge >= 0.3 is 0 Å². The molecular formula is C10H14ClNO2. The third-order valence-electron chi connectivity index (χ3n) is 2.91. The fraction of sp³-hybridized carbons (Fsp3) is 0.700. The average molecular weight is 216 g/mol. The van der Waals surface area contributed by atoms with Crippen LogP contribution in [0.2, 0.25) is 0 Å². The highest BCUT2D eigenvalue weighted by molar-refractivity contribution is 6.16. The number of rotatable bonds is 4. The Kier molecular flexibility index (Phi) is 2.79. The number of nitrogens with zero attached hydrogens (tertiary/aromatic N) is 1. The maximum Gasteiger partial charge on any atom is 0.209 e. The van der Waals surface area contributed by atoms with Crippen molar-refractivity contribution in [2.45, 2.75) is 37.2 Å². The van der Waals surface area contributed by atoms with E-state index in [0.29, 0.717) is 11.8 Å². The largest absolute Gasteiger partial charge is 0.444 e. The van der Waals surface area contributed by atoms with Gasteiger partial charge < -0.3 is 9.15 Å². The Hall–Kier alpha value is -0.540. The van der Waals surface area contributed by atoms with Gasteiger partial charge in [0.15, 0.2) is 0 Å². The van der Waals surface area contributed by atoms with Gasteiger partial charge in [0, 0.05) is 13.5 Å². The van der Waals surface area contributed by atoms with E-state index in [2.05, 4.69) is 4.98 Å². The smallest absolute Gasteiger partial charge is 0.209 e. The minimum Gasteiger partial charge on any atom is -0.444 e. The van der Waals surface area contributed by atoms with Crippen LogP contribution in [0.25, 0.3) is 0 Å². The van der Waals surface area contributed by atoms with Crippen molar-refractivity contribution in [3.63, 3.8) is 0 Å². The molecule has 1 aliphatic carbocycles. The van der Waals surface area contributed by atoms with Crippen LogP contribution in [0.3, 0.4) is 0 Å². The third kappa shape index (κ3) is 1.79. The Balaban J connectivity index is 2.02. The molecule has 14 heavy (non-hydrogen) atoms. The minimum atomic E-state index is 0.00309. The Morgan fingerprint density at radius 2 is 2.43 bits per heavy atom. The average Bonchev–Trinajstić information content (AvgIpc) is 2.59. The molecule has 0 atom stereocenters. The molecule has 0 amide bonds. The summed E-state index contributed by atoms with van der Waals surface area (Å²) in [6.45, 7) is 0. The molecule has 1 saturated carbocycles. The molecule has 4 heteroatoms. The summed E-state index contributed by atoms with van der Waals surface area (Å²) in [5.74, 6) is 1.80. The highest BCUT2D eigenvalue weighted by atomic mass is 35.5. The highest BCUT2D eigenvalue weighted by Gasteiger charge is 2.38. The summed E-state index contributed by atoms with van der Waals surface area (Å²) in [5, 5.41) is 0. The molecule has 0 saturated heterocycles. The molecule has 1 aromatic rings. The summed E-state index contributed by atoms with van der Waals surface area (Å²) < 4.78 is 10.9. The van der Waals surface area contributed by atoms with Gasteiger partial charge in [-0.15, -0.1) is 11.6 Å². The molecule has 1 aromatic heterocycles. The zero-order valence-electron chi connectivity index (χ0n) is 8.25. The monoisotopic (exact) mass is 215 g/mol. The molecule has 0 radical (unpaired) electrons. The molecule has 1 heterocycles. The Morgan fingerprint density at radius 1 is 1.64 bits per heavy atom. The van der Waals surface area contributed by atoms with Crippen molar-refractivity contribution in [3.8, 4) is 0 Å². The van der Waals surface area contributed by atoms with E-state index in [1.807, 2.05) is 0 Å². The van der Waals surface area contributed by atoms with Gasteiger partial charge in [-0.1, -0.05) is 0 Å². The standard InChI is InChI=1S/C10H14ClNO2/c1-13-10(3-2-4-10)5-8-7-12-9(6-11)14-8/h7H,2-6H2,1H3. The molecule has 1 fully saturated rings. The second kappa shape index (κ2) is 3.91. The lowest BCUT2D eigenvalue weighted by molar-refractivity contribution is -0.0738. The van der Waals surface area contributed by atoms with Gasteiger partial charge in [0.25, 0.3) is 0 Å². The topological polar surface area (TPSA) is 35.3 Å². The van der Waals surface area contributed by atoms with E-state index in [1.165, 1.54) is 6.42 Å². The maximum atomic E-state index is 5.61. The minimum absolute atomic E-state index is 0.00309. The predicted molar refractivity (Wildman–Crippen MR) is 53.4 cm³/mol. The van der Waals surface area contributed by atoms with Crippen LogP contribution in [0.5, 0.6) is 0 Å². The van der Waals surface area contributed by atoms with Crippen molar-refractivity contribution in [1.29, 1.82) is 0 Å². The van der Waals surface area contributed by atoms with Gasteiger partial charge in [-0.3, -0.25) is 0 Å². The van der Waals surface area contributed by atoms with Crippen molar-refractivity contribution < 1.29 is 9.15 Å². The normalized spacial score (nSPS) is 19.3. The first-order valence-corrected chi connectivity index (χ1v) is 5.36. The van der Waals surface area contributed by atoms with E-state index in [-0.39, 0.29) is 5.60 Å². The van der Waals surface area contributed by atoms with Crippen molar-refractivity contribution in [2.75, 3.05) is 7.11 Å². The summed E-state index contributed by atoms with van der Waals surface area (Å²) in [4.78, 5) is 4.06. The second-order valence-electron chi connectivity index (χ2n) is 3.77. The molecule has 0 aromatic carbocycles. The van der Waals surface area contributed by atoms with Crippen LogP contribution in [0.15, 0.2) is 10.6 Å². The van der Waals surface area contributed by atoms with E-state index in [4.69, 9.17) is 20.8 Å². The van der Waals surface area contributed by atoms with E-state index in [0.717, 1.165) is 25.0 Å². The lowest BCUT2D eigenvalue weighted by atomic mass is 9.77. The van der Waals surface area contributed by atoms with Gasteiger partial charge in [-0.2, -0.15) is 0 Å². The molecular weight excluding hydrogens is 202 g/mol. The molecule has 2 rings (SSSR count). The van der Waals surface area contributed by atoms with E-state index >= 15 is 0 Å². The number of ether oxygens (including phenoxy) is 1. The molecule has 78 valence electrons. The summed E-state index contributed by atoms with van der Waals surface area (Å²) in [6.07, 6.45) is 6.02. The van der Waals surface area contributed by atoms with Crippen LogP contribution in [0.4, 0.5) is 0 Å². The van der Waals surface area contributed by atoms with Crippen molar-refractivity contribution in [2.24, 2.45) is 0 Å². The molecule has 3 nitrogen and oxygen atoms in total. The van der Waals surface area contributed by atoms with Gasteiger partial charge in [0.2, 0.25) is 5.89 Å². The van der Waals surface area contributed by atoms with E-state index < -0.39 is 0 Å². The predicted octanol–water partition coefficient (Wildman–Crippen LogP) is 2.53. The Bertz CT molecular complexity index is 301. The lowest BCUT2D eigenvalue weighted by Gasteiger charge is -2.39. The molecule has 0 unspecified atom stereocenters. The summed E-state index contributed by atoms with van der Waals surface area (Å²) in [6, 6.07) is 0. The molecule has 0 aliphatic heterocycles. The first-order valence-electron chi connectivity index (χ1n) is 4.83. The van der Waals surface area contributed by atoms with Gasteiger partial charge in [0.1, 0.15) is 5.76 Å². The number of hydrogen-bond donors (Lipinski definition) is 0. The highest BCUT2D eigenvalue weighted by Crippen LogP contribution is 2.37. The van der Waals surface area contributed by atoms with Crippen molar-refractivity contribution in [3.05, 3.63) is 17.8 Å². The maximum absolute atomic E-state index is 5.61. The fourth-order valence-corrected chi connectivity index (χ4v) is 1.96. The van der Waals surface area contributed by atoms with E-state index in [1.54, 1.807) is 13.3 Å². The Labute approximate surface area is 88.4 Å². The van der Waals surface area contributed by atoms with E-state index in [9.17, 15) is 0 Å². The SMILES string of the molecule is COC1(Cc2cnc(CCl)o2)CCC1. The molecule has 1 aliphatic rings. The summed E-state index contributed by atoms with van der Waals surface area (Å²) >= 11 is 5.61. The second-order valence-corrected chi connectivity index (χ2v) is 4.04. The number of hydrogen-bond acceptors (Lipinski definition) is 3. The number of methoxy groups -OCH3 is 1. The van der Waals surface area contributed by atoms with Gasteiger partial charge in [-0.25, -0.2) is 4.98 Å². The van der Waals surface area contributed by atoms with Crippen molar-refractivity contribution in [1.82, 2.24) is 4.98 Å². The zero-order chi connectivity index (χ0) is 10.0. The molecule has 0 N–H and O–H groups in total. The fourth-order valence-electron chi connectivity index (χ4n) is 1.83. The van der Waals surface area contributed by atoms with Gasteiger partial charge in [0.05, 0.1) is 17.7 Å². The lowest BCUT2D eigenvalue weighted by Crippen LogP contribution is -2.41. The third-order valence-corrected chi connectivity index (χ3v) is 3.14. The summed E-state index contributed by atoms with van der Waals surface area (Å²) in [7, 11) is 1.76. The summed E-state index contributed by atoms with van der Waals surface area (Å²) in [5.41, 5.74) is 0.00309. The number of aromatic nitrogens is 1. The van der Waals surface area contributed by atoms with Crippen LogP contribution in [-0.2, 0) is 17.0 Å². The first kappa shape index (κ1) is 9.99. The van der Waals surface area contributed by atoms with Gasteiger partial charge in [-0.05, 0) is 19.3 Å². The Morgan fingerprint density at radius 3 is 2.86 bits per heavy atom. The van der Waals surface area contributed by atoms with Crippen LogP contribution in [0, 0.1) is 0 Å². The van der Waals surface area contributed by atoms with Crippen LogP contribution >= 0.6 is 11.6 Å². The zero-order valence-corrected chi connectivity index (χ0v) is 9.01. The van der Waals surface area contributed by atoms with Crippen molar-refractivity contribution >= 4 is 11.6 Å². The number of oxazole rings is 1. The molecule has 0 bridgehead atoms. The first-order chi connectivity index (χ1) is 6.78. The molecule has 0 spiro atoms.